The van der Waals surface area contributed by atoms with Gasteiger partial charge in [-0.05, 0) is 54.1 Å². The smallest absolute Gasteiger partial charge is 0.259 e. The van der Waals surface area contributed by atoms with Crippen LogP contribution in [-0.4, -0.2) is 60.2 Å². The molecule has 1 fully saturated rings. The van der Waals surface area contributed by atoms with E-state index in [0.29, 0.717) is 39.7 Å². The van der Waals surface area contributed by atoms with Crippen LogP contribution in [0.2, 0.25) is 5.02 Å². The number of hydrogen-bond donors (Lipinski definition) is 1. The van der Waals surface area contributed by atoms with Crippen molar-refractivity contribution in [1.29, 1.82) is 0 Å². The normalized spacial score (nSPS) is 16.9. The molecule has 1 saturated heterocycles. The second kappa shape index (κ2) is 12.5. The number of amides is 2. The first-order valence-electron chi connectivity index (χ1n) is 14.0. The van der Waals surface area contributed by atoms with E-state index in [9.17, 15) is 13.8 Å². The lowest BCUT2D eigenvalue weighted by atomic mass is 10.1. The number of hydrogen-bond acceptors (Lipinski definition) is 5. The van der Waals surface area contributed by atoms with Gasteiger partial charge in [0.25, 0.3) is 11.8 Å². The summed E-state index contributed by atoms with van der Waals surface area (Å²) >= 11 is 6.16. The number of rotatable bonds is 7. The summed E-state index contributed by atoms with van der Waals surface area (Å²) in [5.74, 6) is -0.467. The molecule has 0 spiro atoms. The van der Waals surface area contributed by atoms with E-state index >= 15 is 0 Å². The molecule has 1 atom stereocenters. The van der Waals surface area contributed by atoms with Gasteiger partial charge < -0.3 is 15.1 Å². The molecule has 6 rings (SSSR count). The average Bonchev–Trinajstić information content (AvgIpc) is 3.11. The van der Waals surface area contributed by atoms with E-state index in [0.717, 1.165) is 49.0 Å². The van der Waals surface area contributed by atoms with Crippen LogP contribution in [0.15, 0.2) is 107 Å². The van der Waals surface area contributed by atoms with Crippen LogP contribution in [0.3, 0.4) is 0 Å². The van der Waals surface area contributed by atoms with E-state index in [-0.39, 0.29) is 11.8 Å². The lowest BCUT2D eigenvalue weighted by Crippen LogP contribution is -2.48. The van der Waals surface area contributed by atoms with E-state index in [1.165, 1.54) is 0 Å². The Morgan fingerprint density at radius 1 is 0.833 bits per heavy atom. The molecule has 1 N–H and O–H groups in total. The van der Waals surface area contributed by atoms with Crippen molar-refractivity contribution < 1.29 is 13.8 Å². The van der Waals surface area contributed by atoms with Gasteiger partial charge in [-0.2, -0.15) is 0 Å². The maximum atomic E-state index is 13.8. The van der Waals surface area contributed by atoms with E-state index in [4.69, 9.17) is 11.6 Å². The van der Waals surface area contributed by atoms with Gasteiger partial charge in [-0.25, -0.2) is 4.21 Å². The van der Waals surface area contributed by atoms with Crippen LogP contribution in [-0.2, 0) is 17.3 Å². The highest BCUT2D eigenvalue weighted by molar-refractivity contribution is 7.85. The average molecular weight is 599 g/mol. The summed E-state index contributed by atoms with van der Waals surface area (Å²) < 4.78 is 13.6. The Morgan fingerprint density at radius 2 is 1.60 bits per heavy atom. The maximum Gasteiger partial charge on any atom is 0.259 e. The summed E-state index contributed by atoms with van der Waals surface area (Å²) in [4.78, 5) is 34.3. The monoisotopic (exact) mass is 598 g/mol. The van der Waals surface area contributed by atoms with Gasteiger partial charge in [0, 0.05) is 55.5 Å². The fraction of sp³-hybridized carbons (Fsp3) is 0.212. The van der Waals surface area contributed by atoms with Crippen molar-refractivity contribution in [3.05, 3.63) is 119 Å². The fourth-order valence-electron chi connectivity index (χ4n) is 5.46. The van der Waals surface area contributed by atoms with Crippen LogP contribution in [0.4, 0.5) is 11.4 Å². The van der Waals surface area contributed by atoms with Crippen LogP contribution in [0, 0.1) is 0 Å². The van der Waals surface area contributed by atoms with Gasteiger partial charge in [-0.15, -0.1) is 0 Å². The van der Waals surface area contributed by atoms with Crippen LogP contribution in [0.5, 0.6) is 0 Å². The van der Waals surface area contributed by atoms with Crippen molar-refractivity contribution >= 4 is 45.6 Å². The van der Waals surface area contributed by atoms with Gasteiger partial charge in [0.2, 0.25) is 0 Å². The van der Waals surface area contributed by atoms with E-state index in [1.54, 1.807) is 47.4 Å². The zero-order valence-electron chi connectivity index (χ0n) is 23.0. The Kier molecular flexibility index (Phi) is 8.37. The summed E-state index contributed by atoms with van der Waals surface area (Å²) in [6.07, 6.45) is 0. The summed E-state index contributed by atoms with van der Waals surface area (Å²) in [5.41, 5.74) is 3.38. The second-order valence-corrected chi connectivity index (χ2v) is 12.2. The van der Waals surface area contributed by atoms with Gasteiger partial charge in [0.15, 0.2) is 0 Å². The minimum atomic E-state index is -1.57. The Labute approximate surface area is 253 Å². The molecule has 0 aromatic heterocycles. The number of piperazine rings is 1. The zero-order valence-corrected chi connectivity index (χ0v) is 24.6. The first-order chi connectivity index (χ1) is 20.5. The number of nitrogens with one attached hydrogen (secondary N) is 1. The Balaban J connectivity index is 1.15. The van der Waals surface area contributed by atoms with Gasteiger partial charge in [0.1, 0.15) is 0 Å². The number of nitrogens with zero attached hydrogens (tertiary/aromatic N) is 3. The molecule has 42 heavy (non-hydrogen) atoms. The third-order valence-corrected chi connectivity index (χ3v) is 9.45. The molecule has 9 heteroatoms. The standard InChI is InChI=1S/C33H31ClN4O3S/c34-26-9-6-10-27(22-26)37-19-17-36(18-20-37)16-15-35-32(39)25-13-14-31-29(21-25)38(23-24-7-2-1-3-8-24)33(40)28-11-4-5-12-30(28)42(31)41/h1-14,21-22H,15-20,23H2,(H,35,39)/t42-/m0/s1. The number of fused-ring (bicyclic) bond motifs is 2. The predicted octanol–water partition coefficient (Wildman–Crippen LogP) is 5.22. The topological polar surface area (TPSA) is 73.0 Å². The van der Waals surface area contributed by atoms with Gasteiger partial charge in [0.05, 0.1) is 38.4 Å². The number of benzene rings is 4. The SMILES string of the molecule is O=C(NCCN1CCN(c2cccc(Cl)c2)CC1)c1ccc2c(c1)N(Cc1ccccc1)C(=O)c1ccccc1[S@@]2=O. The molecular weight excluding hydrogens is 568 g/mol. The zero-order chi connectivity index (χ0) is 29.1. The van der Waals surface area contributed by atoms with E-state index in [2.05, 4.69) is 21.2 Å². The van der Waals surface area contributed by atoms with E-state index < -0.39 is 10.8 Å². The predicted molar refractivity (Wildman–Crippen MR) is 167 cm³/mol. The molecule has 2 aliphatic heterocycles. The maximum absolute atomic E-state index is 13.8. The third kappa shape index (κ3) is 5.97. The molecule has 0 saturated carbocycles. The largest absolute Gasteiger partial charge is 0.369 e. The summed E-state index contributed by atoms with van der Waals surface area (Å²) in [6, 6.07) is 29.7. The lowest BCUT2D eigenvalue weighted by molar-refractivity contribution is 0.0944. The summed E-state index contributed by atoms with van der Waals surface area (Å²) in [5, 5.41) is 3.77. The van der Waals surface area contributed by atoms with Gasteiger partial charge in [-0.1, -0.05) is 60.1 Å². The molecule has 2 amide bonds. The second-order valence-electron chi connectivity index (χ2n) is 10.4. The Morgan fingerprint density at radius 3 is 2.38 bits per heavy atom. The van der Waals surface area contributed by atoms with Crippen molar-refractivity contribution in [3.63, 3.8) is 0 Å². The minimum Gasteiger partial charge on any atom is -0.369 e. The minimum absolute atomic E-state index is 0.227. The Hall–Kier alpha value is -3.98. The van der Waals surface area contributed by atoms with E-state index in [1.807, 2.05) is 48.5 Å². The van der Waals surface area contributed by atoms with Gasteiger partial charge in [-0.3, -0.25) is 14.5 Å². The highest BCUT2D eigenvalue weighted by atomic mass is 35.5. The number of carbonyl (C=O) groups excluding carboxylic acids is 2. The van der Waals surface area contributed by atoms with Crippen LogP contribution < -0.4 is 15.1 Å². The highest BCUT2D eigenvalue weighted by Gasteiger charge is 2.31. The molecule has 4 aromatic carbocycles. The summed E-state index contributed by atoms with van der Waals surface area (Å²) in [6.45, 7) is 5.10. The molecule has 0 aliphatic carbocycles. The molecule has 0 radical (unpaired) electrons. The molecule has 0 unspecified atom stereocenters. The first kappa shape index (κ1) is 28.2. The van der Waals surface area contributed by atoms with Crippen molar-refractivity contribution in [2.45, 2.75) is 16.3 Å². The molecular formula is C33H31ClN4O3S. The van der Waals surface area contributed by atoms with Crippen molar-refractivity contribution in [2.24, 2.45) is 0 Å². The van der Waals surface area contributed by atoms with Crippen LogP contribution in [0.1, 0.15) is 26.3 Å². The van der Waals surface area contributed by atoms with Crippen molar-refractivity contribution in [1.82, 2.24) is 10.2 Å². The number of halogens is 1. The van der Waals surface area contributed by atoms with Crippen molar-refractivity contribution in [3.8, 4) is 0 Å². The fourth-order valence-corrected chi connectivity index (χ4v) is 6.99. The molecule has 214 valence electrons. The third-order valence-electron chi connectivity index (χ3n) is 7.72. The molecule has 4 aromatic rings. The molecule has 2 heterocycles. The Bertz CT molecular complexity index is 1640. The molecule has 2 aliphatic rings. The lowest BCUT2D eigenvalue weighted by Gasteiger charge is -2.36. The molecule has 7 nitrogen and oxygen atoms in total. The number of anilines is 2. The quantitative estimate of drug-likeness (QED) is 0.316. The van der Waals surface area contributed by atoms with Crippen molar-refractivity contribution in [2.75, 3.05) is 49.1 Å². The highest BCUT2D eigenvalue weighted by Crippen LogP contribution is 2.36. The first-order valence-corrected chi connectivity index (χ1v) is 15.5. The molecule has 0 bridgehead atoms. The summed E-state index contributed by atoms with van der Waals surface area (Å²) in [7, 11) is -1.57. The van der Waals surface area contributed by atoms with Crippen LogP contribution >= 0.6 is 11.6 Å². The van der Waals surface area contributed by atoms with Crippen LogP contribution in [0.25, 0.3) is 0 Å². The van der Waals surface area contributed by atoms with Gasteiger partial charge >= 0.3 is 0 Å². The number of carbonyl (C=O) groups is 2.